The fraction of sp³-hybridized carbons (Fsp3) is 0.500. The van der Waals surface area contributed by atoms with Gasteiger partial charge in [-0.15, -0.1) is 0 Å². The number of imidazole rings is 1. The Labute approximate surface area is 112 Å². The van der Waals surface area contributed by atoms with Gasteiger partial charge in [-0.05, 0) is 13.3 Å². The lowest BCUT2D eigenvalue weighted by Crippen LogP contribution is -2.08. The van der Waals surface area contributed by atoms with Crippen molar-refractivity contribution in [2.75, 3.05) is 19.0 Å². The van der Waals surface area contributed by atoms with Gasteiger partial charge in [-0.25, -0.2) is 4.98 Å². The summed E-state index contributed by atoms with van der Waals surface area (Å²) in [6, 6.07) is 0.321. The normalized spacial score (nSPS) is 10.5. The summed E-state index contributed by atoms with van der Waals surface area (Å²) in [4.78, 5) is 17.1. The van der Waals surface area contributed by atoms with Crippen LogP contribution in [0.3, 0.4) is 0 Å². The Kier molecular flexibility index (Phi) is 4.27. The van der Waals surface area contributed by atoms with Gasteiger partial charge < -0.3 is 14.6 Å². The third kappa shape index (κ3) is 2.98. The third-order valence-corrected chi connectivity index (χ3v) is 2.53. The number of aromatic nitrogens is 5. The predicted octanol–water partition coefficient (Wildman–Crippen LogP) is 1.59. The van der Waals surface area contributed by atoms with Crippen LogP contribution in [0.5, 0.6) is 6.01 Å². The Bertz CT molecular complexity index is 539. The van der Waals surface area contributed by atoms with Gasteiger partial charge in [-0.2, -0.15) is 15.0 Å². The molecule has 2 aromatic rings. The zero-order valence-corrected chi connectivity index (χ0v) is 11.4. The summed E-state index contributed by atoms with van der Waals surface area (Å²) in [5, 5.41) is 2.90. The maximum Gasteiger partial charge on any atom is 0.321 e. The summed E-state index contributed by atoms with van der Waals surface area (Å²) in [7, 11) is 1.76. The van der Waals surface area contributed by atoms with Gasteiger partial charge in [0.05, 0.1) is 6.61 Å². The number of nitrogens with zero attached hydrogens (tertiary/aromatic N) is 5. The largest absolute Gasteiger partial charge is 0.463 e. The van der Waals surface area contributed by atoms with Gasteiger partial charge in [0.1, 0.15) is 0 Å². The van der Waals surface area contributed by atoms with E-state index < -0.39 is 0 Å². The number of aryl methyl sites for hydroxylation is 1. The number of ether oxygens (including phenoxy) is 1. The molecular formula is C12H18N6O. The minimum Gasteiger partial charge on any atom is -0.463 e. The van der Waals surface area contributed by atoms with Crippen LogP contribution in [0, 0.1) is 0 Å². The minimum atomic E-state index is 0.321. The smallest absolute Gasteiger partial charge is 0.321 e. The Morgan fingerprint density at radius 1 is 1.26 bits per heavy atom. The van der Waals surface area contributed by atoms with Gasteiger partial charge in [-0.1, -0.05) is 6.92 Å². The van der Waals surface area contributed by atoms with Crippen molar-refractivity contribution in [2.45, 2.75) is 26.8 Å². The molecule has 0 aromatic carbocycles. The Morgan fingerprint density at radius 3 is 2.79 bits per heavy atom. The molecule has 1 N–H and O–H groups in total. The molecule has 0 amide bonds. The molecule has 0 unspecified atom stereocenters. The lowest BCUT2D eigenvalue weighted by molar-refractivity contribution is 0.292. The summed E-state index contributed by atoms with van der Waals surface area (Å²) in [6.07, 6.45) is 4.53. The van der Waals surface area contributed by atoms with Crippen LogP contribution in [0.2, 0.25) is 0 Å². The SMILES string of the molecule is CCCOc1nc(NC)nc(-c2nccn2CC)n1. The van der Waals surface area contributed by atoms with Crippen molar-refractivity contribution in [3.63, 3.8) is 0 Å². The van der Waals surface area contributed by atoms with Crippen LogP contribution in [0.15, 0.2) is 12.4 Å². The highest BCUT2D eigenvalue weighted by molar-refractivity contribution is 5.47. The van der Waals surface area contributed by atoms with Crippen molar-refractivity contribution in [3.8, 4) is 17.7 Å². The molecule has 2 rings (SSSR count). The average molecular weight is 262 g/mol. The van der Waals surface area contributed by atoms with Crippen LogP contribution < -0.4 is 10.1 Å². The molecule has 0 aliphatic rings. The van der Waals surface area contributed by atoms with Gasteiger partial charge in [0, 0.05) is 26.0 Å². The highest BCUT2D eigenvalue weighted by Gasteiger charge is 2.12. The molecule has 0 atom stereocenters. The zero-order chi connectivity index (χ0) is 13.7. The molecular weight excluding hydrogens is 244 g/mol. The summed E-state index contributed by atoms with van der Waals surface area (Å²) in [5.74, 6) is 1.70. The Balaban J connectivity index is 2.38. The van der Waals surface area contributed by atoms with E-state index in [0.29, 0.717) is 30.2 Å². The molecule has 0 fully saturated rings. The minimum absolute atomic E-state index is 0.321. The fourth-order valence-corrected chi connectivity index (χ4v) is 1.60. The van der Waals surface area contributed by atoms with Gasteiger partial charge in [0.15, 0.2) is 5.82 Å². The lowest BCUT2D eigenvalue weighted by Gasteiger charge is -2.08. The van der Waals surface area contributed by atoms with E-state index >= 15 is 0 Å². The van der Waals surface area contributed by atoms with Crippen LogP contribution in [0.25, 0.3) is 11.6 Å². The molecule has 102 valence electrons. The third-order valence-electron chi connectivity index (χ3n) is 2.53. The lowest BCUT2D eigenvalue weighted by atomic mass is 10.5. The highest BCUT2D eigenvalue weighted by atomic mass is 16.5. The first-order valence-corrected chi connectivity index (χ1v) is 6.36. The second-order valence-corrected chi connectivity index (χ2v) is 3.90. The van der Waals surface area contributed by atoms with Gasteiger partial charge in [-0.3, -0.25) is 0 Å². The summed E-state index contributed by atoms with van der Waals surface area (Å²) < 4.78 is 7.44. The Morgan fingerprint density at radius 2 is 2.11 bits per heavy atom. The molecule has 0 aliphatic carbocycles. The first-order valence-electron chi connectivity index (χ1n) is 6.36. The first kappa shape index (κ1) is 13.3. The van der Waals surface area contributed by atoms with Crippen molar-refractivity contribution in [2.24, 2.45) is 0 Å². The van der Waals surface area contributed by atoms with Crippen LogP contribution >= 0.6 is 0 Å². The molecule has 0 radical (unpaired) electrons. The molecule has 0 bridgehead atoms. The van der Waals surface area contributed by atoms with Crippen LogP contribution in [0.1, 0.15) is 20.3 Å². The summed E-state index contributed by atoms with van der Waals surface area (Å²) in [6.45, 7) is 5.46. The van der Waals surface area contributed by atoms with Gasteiger partial charge >= 0.3 is 6.01 Å². The van der Waals surface area contributed by atoms with E-state index in [4.69, 9.17) is 4.74 Å². The maximum absolute atomic E-state index is 5.47. The molecule has 19 heavy (non-hydrogen) atoms. The second kappa shape index (κ2) is 6.12. The van der Waals surface area contributed by atoms with E-state index in [2.05, 4.69) is 25.3 Å². The van der Waals surface area contributed by atoms with Crippen molar-refractivity contribution in [1.82, 2.24) is 24.5 Å². The molecule has 0 spiro atoms. The van der Waals surface area contributed by atoms with Crippen molar-refractivity contribution in [3.05, 3.63) is 12.4 Å². The molecule has 7 heteroatoms. The molecule has 2 aromatic heterocycles. The molecule has 0 saturated carbocycles. The molecule has 2 heterocycles. The summed E-state index contributed by atoms with van der Waals surface area (Å²) >= 11 is 0. The summed E-state index contributed by atoms with van der Waals surface area (Å²) in [5.41, 5.74) is 0. The van der Waals surface area contributed by atoms with E-state index in [1.165, 1.54) is 0 Å². The van der Waals surface area contributed by atoms with Crippen molar-refractivity contribution in [1.29, 1.82) is 0 Å². The zero-order valence-electron chi connectivity index (χ0n) is 11.4. The van der Waals surface area contributed by atoms with Crippen molar-refractivity contribution >= 4 is 5.95 Å². The fourth-order valence-electron chi connectivity index (χ4n) is 1.60. The van der Waals surface area contributed by atoms with E-state index in [0.717, 1.165) is 13.0 Å². The standard InChI is InChI=1S/C12H18N6O/c1-4-8-19-12-16-9(15-11(13-3)17-12)10-14-6-7-18(10)5-2/h6-7H,4-5,8H2,1-3H3,(H,13,15,16,17). The second-order valence-electron chi connectivity index (χ2n) is 3.90. The molecule has 0 aliphatic heterocycles. The highest BCUT2D eigenvalue weighted by Crippen LogP contribution is 2.17. The van der Waals surface area contributed by atoms with Crippen molar-refractivity contribution < 1.29 is 4.74 Å². The maximum atomic E-state index is 5.47. The number of anilines is 1. The predicted molar refractivity (Wildman–Crippen MR) is 72.1 cm³/mol. The topological polar surface area (TPSA) is 77.8 Å². The Hall–Kier alpha value is -2.18. The quantitative estimate of drug-likeness (QED) is 0.851. The molecule has 0 saturated heterocycles. The molecule has 7 nitrogen and oxygen atoms in total. The average Bonchev–Trinajstić information content (AvgIpc) is 2.93. The van der Waals surface area contributed by atoms with Gasteiger partial charge in [0.2, 0.25) is 11.8 Å². The first-order chi connectivity index (χ1) is 9.28. The number of hydrogen-bond acceptors (Lipinski definition) is 6. The number of nitrogens with one attached hydrogen (secondary N) is 1. The van der Waals surface area contributed by atoms with E-state index in [1.54, 1.807) is 13.2 Å². The number of hydrogen-bond donors (Lipinski definition) is 1. The van der Waals surface area contributed by atoms with Crippen LogP contribution in [-0.4, -0.2) is 38.2 Å². The number of rotatable bonds is 6. The van der Waals surface area contributed by atoms with E-state index in [9.17, 15) is 0 Å². The monoisotopic (exact) mass is 262 g/mol. The van der Waals surface area contributed by atoms with Crippen LogP contribution in [-0.2, 0) is 6.54 Å². The van der Waals surface area contributed by atoms with Gasteiger partial charge in [0.25, 0.3) is 0 Å². The van der Waals surface area contributed by atoms with Crippen LogP contribution in [0.4, 0.5) is 5.95 Å². The van der Waals surface area contributed by atoms with E-state index in [1.807, 2.05) is 24.6 Å². The van der Waals surface area contributed by atoms with E-state index in [-0.39, 0.29) is 0 Å².